The normalized spacial score (nSPS) is 19.6. The largest absolute Gasteiger partial charge is 0.543 e. The Bertz CT molecular complexity index is 1910. The lowest BCUT2D eigenvalue weighted by Crippen LogP contribution is -2.71. The molecule has 1 saturated heterocycles. The van der Waals surface area contributed by atoms with Crippen molar-refractivity contribution in [2.45, 2.75) is 49.6 Å². The number of fused-ring (bicyclic) bond motifs is 1. The third-order valence-corrected chi connectivity index (χ3v) is 7.73. The van der Waals surface area contributed by atoms with E-state index >= 15 is 0 Å². The summed E-state index contributed by atoms with van der Waals surface area (Å²) < 4.78 is 111. The first-order chi connectivity index (χ1) is 25.9. The van der Waals surface area contributed by atoms with Gasteiger partial charge in [-0.2, -0.15) is 26.3 Å². The van der Waals surface area contributed by atoms with Gasteiger partial charge >= 0.3 is 30.3 Å². The van der Waals surface area contributed by atoms with Gasteiger partial charge in [-0.25, -0.2) is 23.9 Å². The third-order valence-electron chi connectivity index (χ3n) is 5.72. The van der Waals surface area contributed by atoms with Crippen molar-refractivity contribution >= 4 is 69.6 Å². The van der Waals surface area contributed by atoms with Crippen molar-refractivity contribution in [1.29, 1.82) is 0 Å². The molecule has 2 aliphatic heterocycles. The monoisotopic (exact) mass is 780 g/mol. The number of halogens is 6. The molecule has 17 nitrogen and oxygen atoms in total. The number of amides is 2. The number of hydrogen-bond donors (Lipinski definition) is 5. The van der Waals surface area contributed by atoms with Gasteiger partial charge in [-0.05, 0) is 13.7 Å². The maximum Gasteiger partial charge on any atom is 0.490 e. The Morgan fingerprint density at radius 3 is 2.06 bits per heavy atom. The van der Waals surface area contributed by atoms with Gasteiger partial charge in [0.15, 0.2) is 29.8 Å². The van der Waals surface area contributed by atoms with Crippen LogP contribution in [0.5, 0.6) is 0 Å². The van der Waals surface area contributed by atoms with Crippen molar-refractivity contribution in [3.8, 4) is 0 Å². The fraction of sp³-hybridized carbons (Fsp3) is 0.346. The number of aromatic nitrogens is 2. The van der Waals surface area contributed by atoms with E-state index in [1.54, 1.807) is 35.2 Å². The zero-order valence-electron chi connectivity index (χ0n) is 30.6. The van der Waals surface area contributed by atoms with Gasteiger partial charge in [-0.15, -0.1) is 23.1 Å². The number of carbonyl (C=O) groups is 6. The minimum Gasteiger partial charge on any atom is -0.543 e. The predicted octanol–water partition coefficient (Wildman–Crippen LogP) is -0.0326. The van der Waals surface area contributed by atoms with Crippen LogP contribution in [0, 0.1) is 0 Å². The standard InChI is InChI=1S/C22H22N6O7S2.2C2HF3O2/c1-22(2,20(33)34)35-26-13(12-10-37-21(23)24-12)16(29)25-14-17(30)28-15(19(31)32)11(9-36-18(14)28)8-27-6-4-3-5-7-27;2*3-2(4,5)1(6)7/h3-7,10,14,18H,8-9H2,1-2H3,(H4-,23,24,25,29,31,32,33,34);2*(H,6,7)/b26-13-;;/t14-,18-;;/m1../s1/i1D3,2D3;;. The number of thiazole rings is 1. The first-order valence-corrected chi connectivity index (χ1v) is 14.8. The van der Waals surface area contributed by atoms with Crippen LogP contribution in [0.3, 0.4) is 0 Å². The van der Waals surface area contributed by atoms with Crippen LogP contribution in [-0.2, 0) is 40.1 Å². The highest BCUT2D eigenvalue weighted by Crippen LogP contribution is 2.40. The zero-order chi connectivity index (χ0) is 44.1. The van der Waals surface area contributed by atoms with Crippen LogP contribution in [-0.4, -0.2) is 102 Å². The van der Waals surface area contributed by atoms with Gasteiger partial charge < -0.3 is 41.1 Å². The Hall–Kier alpha value is -5.46. The summed E-state index contributed by atoms with van der Waals surface area (Å²) >= 11 is 1.97. The van der Waals surface area contributed by atoms with Gasteiger partial charge in [0, 0.05) is 37.1 Å². The van der Waals surface area contributed by atoms with Crippen LogP contribution < -0.4 is 20.7 Å². The van der Waals surface area contributed by atoms with Crippen molar-refractivity contribution in [1.82, 2.24) is 15.2 Å². The molecule has 2 atom stereocenters. The molecule has 6 N–H and O–H groups in total. The van der Waals surface area contributed by atoms with E-state index in [0.717, 1.165) is 28.0 Å². The van der Waals surface area contributed by atoms with Gasteiger partial charge in [0.25, 0.3) is 11.8 Å². The lowest BCUT2D eigenvalue weighted by Gasteiger charge is -2.50. The number of oxime groups is 1. The van der Waals surface area contributed by atoms with Crippen LogP contribution in [0.1, 0.15) is 27.6 Å². The molecule has 2 aromatic rings. The molecule has 0 aromatic carbocycles. The molecule has 0 aliphatic carbocycles. The predicted molar refractivity (Wildman–Crippen MR) is 157 cm³/mol. The molecule has 0 radical (unpaired) electrons. The van der Waals surface area contributed by atoms with Crippen LogP contribution >= 0.6 is 23.1 Å². The lowest BCUT2D eigenvalue weighted by atomic mass is 10.0. The minimum absolute atomic E-state index is 0.0899. The molecule has 0 saturated carbocycles. The first-order valence-electron chi connectivity index (χ1n) is 15.8. The van der Waals surface area contributed by atoms with Crippen LogP contribution in [0.25, 0.3) is 0 Å². The fourth-order valence-corrected chi connectivity index (χ4v) is 5.40. The number of carboxylic acid groups (broad SMARTS) is 4. The number of alkyl halides is 6. The van der Waals surface area contributed by atoms with Crippen molar-refractivity contribution in [3.05, 3.63) is 52.9 Å². The van der Waals surface area contributed by atoms with E-state index in [4.69, 9.17) is 33.8 Å². The topological polar surface area (TPSA) is 266 Å². The molecular formula is C26H24F6N6O11S2. The quantitative estimate of drug-likeness (QED) is 0.0736. The highest BCUT2D eigenvalue weighted by atomic mass is 32.2. The van der Waals surface area contributed by atoms with E-state index in [-0.39, 0.29) is 28.8 Å². The molecule has 51 heavy (non-hydrogen) atoms. The second-order valence-corrected chi connectivity index (χ2v) is 11.3. The smallest absolute Gasteiger partial charge is 0.490 e. The number of nitrogens with one attached hydrogen (secondary N) is 1. The van der Waals surface area contributed by atoms with Crippen molar-refractivity contribution in [2.24, 2.45) is 5.16 Å². The molecule has 2 aromatic heterocycles. The Morgan fingerprint density at radius 1 is 1.08 bits per heavy atom. The van der Waals surface area contributed by atoms with E-state index in [9.17, 15) is 55.7 Å². The summed E-state index contributed by atoms with van der Waals surface area (Å²) in [6.07, 6.45) is -6.74. The second-order valence-electron chi connectivity index (χ2n) is 9.34. The van der Waals surface area contributed by atoms with Crippen LogP contribution in [0.4, 0.5) is 31.5 Å². The minimum atomic E-state index is -5.08. The summed E-state index contributed by atoms with van der Waals surface area (Å²) in [5.74, 6) is -11.4. The van der Waals surface area contributed by atoms with Gasteiger partial charge in [0.1, 0.15) is 17.1 Å². The van der Waals surface area contributed by atoms with Crippen LogP contribution in [0.2, 0.25) is 0 Å². The molecule has 4 rings (SSSR count). The number of rotatable bonds is 9. The molecule has 2 aliphatic rings. The number of hydrogen-bond acceptors (Lipinski definition) is 13. The molecule has 4 heterocycles. The number of nitrogen functional groups attached to an aromatic ring is 1. The molecule has 0 bridgehead atoms. The van der Waals surface area contributed by atoms with Crippen molar-refractivity contribution in [2.75, 3.05) is 11.5 Å². The number of anilines is 1. The Labute approximate surface area is 297 Å². The summed E-state index contributed by atoms with van der Waals surface area (Å²) in [4.78, 5) is 77.7. The Kier molecular flexibility index (Phi) is 10.6. The van der Waals surface area contributed by atoms with Crippen molar-refractivity contribution < 1.29 is 93.2 Å². The summed E-state index contributed by atoms with van der Waals surface area (Å²) in [7, 11) is 0. The first kappa shape index (κ1) is 32.7. The van der Waals surface area contributed by atoms with Gasteiger partial charge in [-0.3, -0.25) is 14.5 Å². The molecule has 25 heteroatoms. The molecule has 0 spiro atoms. The number of nitrogens with two attached hydrogens (primary N) is 1. The van der Waals surface area contributed by atoms with Gasteiger partial charge in [-0.1, -0.05) is 11.2 Å². The average Bonchev–Trinajstić information content (AvgIpc) is 3.49. The summed E-state index contributed by atoms with van der Waals surface area (Å²) in [6, 6.07) is 3.95. The van der Waals surface area contributed by atoms with Crippen molar-refractivity contribution in [3.63, 3.8) is 0 Å². The average molecular weight is 781 g/mol. The molecule has 0 unspecified atom stereocenters. The molecule has 278 valence electrons. The number of carbonyl (C=O) groups excluding carboxylic acids is 3. The van der Waals surface area contributed by atoms with E-state index in [1.807, 2.05) is 0 Å². The number of aliphatic carboxylic acids is 4. The highest BCUT2D eigenvalue weighted by Gasteiger charge is 2.53. The molecular weight excluding hydrogens is 750 g/mol. The van der Waals surface area contributed by atoms with E-state index < -0.39 is 84.5 Å². The third kappa shape index (κ3) is 11.3. The molecule has 2 amide bonds. The Morgan fingerprint density at radius 2 is 1.63 bits per heavy atom. The summed E-state index contributed by atoms with van der Waals surface area (Å²) in [5.41, 5.74) is 0.568. The van der Waals surface area contributed by atoms with E-state index in [0.29, 0.717) is 5.57 Å². The lowest BCUT2D eigenvalue weighted by molar-refractivity contribution is -0.689. The number of carboxylic acids is 4. The number of nitrogens with zero attached hydrogens (tertiary/aromatic N) is 4. The zero-order valence-corrected chi connectivity index (χ0v) is 26.2. The summed E-state index contributed by atoms with van der Waals surface area (Å²) in [5, 5.41) is 41.8. The number of pyridine rings is 1. The van der Waals surface area contributed by atoms with E-state index in [1.165, 1.54) is 5.38 Å². The summed E-state index contributed by atoms with van der Waals surface area (Å²) in [6.45, 7) is -7.42. The fourth-order valence-electron chi connectivity index (χ4n) is 3.52. The Balaban J connectivity index is 0.000000682. The highest BCUT2D eigenvalue weighted by molar-refractivity contribution is 8.00. The molecule has 1 fully saturated rings. The second kappa shape index (κ2) is 16.5. The number of β-lactam (4-membered cyclic amide) rings is 1. The maximum atomic E-state index is 13.3. The number of thioether (sulfide) groups is 1. The SMILES string of the molecule is O=C(O)C(F)(F)F.O=C(O)C(F)(F)F.[2H]C([2H])([2H])C(O/N=C(\C(=O)N[C@@H]1C(=O)N2C(C(=O)[O-])=C(C[n+]3ccccc3)CS[C@H]12)c1csc(N)n1)(C(=O)O)C([2H])([2H])[2H]. The van der Waals surface area contributed by atoms with E-state index in [2.05, 4.69) is 20.3 Å². The van der Waals surface area contributed by atoms with Crippen LogP contribution in [0.15, 0.2) is 52.4 Å². The maximum absolute atomic E-state index is 13.3. The van der Waals surface area contributed by atoms with Gasteiger partial charge in [0.05, 0.1) is 11.7 Å². The van der Waals surface area contributed by atoms with Gasteiger partial charge in [0.2, 0.25) is 5.60 Å².